The van der Waals surface area contributed by atoms with Crippen LogP contribution in [0.1, 0.15) is 42.0 Å². The lowest BCUT2D eigenvalue weighted by molar-refractivity contribution is -0.130. The number of rotatable bonds is 11. The molecule has 0 saturated carbocycles. The van der Waals surface area contributed by atoms with Crippen molar-refractivity contribution >= 4 is 63.2 Å². The molecule has 0 aliphatic carbocycles. The smallest absolute Gasteiger partial charge is 0.262 e. The van der Waals surface area contributed by atoms with Crippen molar-refractivity contribution in [2.45, 2.75) is 32.4 Å². The highest BCUT2D eigenvalue weighted by Gasteiger charge is 2.29. The van der Waals surface area contributed by atoms with E-state index in [0.717, 1.165) is 35.1 Å². The molecule has 8 heteroatoms. The second kappa shape index (κ2) is 15.1. The largest absolute Gasteiger partial charge is 0.487 e. The summed E-state index contributed by atoms with van der Waals surface area (Å²) in [4.78, 5) is 26.7. The Morgan fingerprint density at radius 2 is 1.32 bits per heavy atom. The van der Waals surface area contributed by atoms with Crippen LogP contribution in [-0.4, -0.2) is 24.1 Å². The minimum Gasteiger partial charge on any atom is -0.487 e. The SMILES string of the molecule is CC(C)C(NC(=O)C(c1ccccc1)c1ccccc1)C(=O)NN=Cc1cc(I)c(OCc2ccccc2)c(I)c1. The third kappa shape index (κ3) is 8.62. The first kappa shape index (κ1) is 30.7. The summed E-state index contributed by atoms with van der Waals surface area (Å²) in [5.74, 6) is -0.497. The summed E-state index contributed by atoms with van der Waals surface area (Å²) >= 11 is 4.48. The van der Waals surface area contributed by atoms with Gasteiger partial charge in [0.15, 0.2) is 0 Å². The molecule has 2 N–H and O–H groups in total. The molecule has 0 heterocycles. The number of ether oxygens (including phenoxy) is 1. The molecule has 0 radical (unpaired) electrons. The summed E-state index contributed by atoms with van der Waals surface area (Å²) < 4.78 is 7.95. The van der Waals surface area contributed by atoms with Crippen molar-refractivity contribution in [3.8, 4) is 5.75 Å². The topological polar surface area (TPSA) is 79.8 Å². The number of hydrogen-bond donors (Lipinski definition) is 2. The number of benzene rings is 4. The van der Waals surface area contributed by atoms with E-state index in [0.29, 0.717) is 6.61 Å². The first-order chi connectivity index (χ1) is 19.8. The summed E-state index contributed by atoms with van der Waals surface area (Å²) in [6.45, 7) is 4.27. The average Bonchev–Trinajstić information content (AvgIpc) is 2.97. The van der Waals surface area contributed by atoms with Crippen LogP contribution in [0.15, 0.2) is 108 Å². The van der Waals surface area contributed by atoms with Crippen LogP contribution in [0.3, 0.4) is 0 Å². The molecule has 0 spiro atoms. The van der Waals surface area contributed by atoms with Crippen LogP contribution in [0.25, 0.3) is 0 Å². The molecule has 4 aromatic rings. The van der Waals surface area contributed by atoms with E-state index in [1.807, 2.05) is 117 Å². The Kier molecular flexibility index (Phi) is 11.3. The fraction of sp³-hybridized carbons (Fsp3) is 0.182. The second-order valence-corrected chi connectivity index (χ2v) is 12.1. The van der Waals surface area contributed by atoms with Gasteiger partial charge in [-0.15, -0.1) is 0 Å². The Morgan fingerprint density at radius 3 is 1.83 bits per heavy atom. The van der Waals surface area contributed by atoms with Gasteiger partial charge in [-0.2, -0.15) is 5.10 Å². The van der Waals surface area contributed by atoms with Crippen molar-refractivity contribution in [3.05, 3.63) is 133 Å². The molecule has 0 aliphatic rings. The Hall–Kier alpha value is -3.25. The average molecular weight is 771 g/mol. The van der Waals surface area contributed by atoms with E-state index in [1.54, 1.807) is 6.21 Å². The second-order valence-electron chi connectivity index (χ2n) is 9.81. The number of carbonyl (C=O) groups is 2. The Bertz CT molecular complexity index is 1420. The van der Waals surface area contributed by atoms with Crippen LogP contribution in [0.5, 0.6) is 5.75 Å². The first-order valence-electron chi connectivity index (χ1n) is 13.2. The summed E-state index contributed by atoms with van der Waals surface area (Å²) in [5, 5.41) is 7.17. The van der Waals surface area contributed by atoms with E-state index < -0.39 is 12.0 Å². The van der Waals surface area contributed by atoms with E-state index in [1.165, 1.54) is 0 Å². The van der Waals surface area contributed by atoms with E-state index >= 15 is 0 Å². The van der Waals surface area contributed by atoms with E-state index in [9.17, 15) is 9.59 Å². The van der Waals surface area contributed by atoms with E-state index in [2.05, 4.69) is 61.0 Å². The maximum atomic E-state index is 13.6. The van der Waals surface area contributed by atoms with Gasteiger partial charge in [0.2, 0.25) is 5.91 Å². The number of nitrogens with zero attached hydrogens (tertiary/aromatic N) is 1. The Morgan fingerprint density at radius 1 is 0.805 bits per heavy atom. The van der Waals surface area contributed by atoms with E-state index in [-0.39, 0.29) is 17.7 Å². The molecular formula is C33H31I2N3O3. The zero-order valence-corrected chi connectivity index (χ0v) is 27.1. The predicted octanol–water partition coefficient (Wildman–Crippen LogP) is 6.90. The van der Waals surface area contributed by atoms with Gasteiger partial charge in [-0.05, 0) is 85.5 Å². The van der Waals surface area contributed by atoms with Gasteiger partial charge in [-0.25, -0.2) is 5.43 Å². The van der Waals surface area contributed by atoms with Crippen molar-refractivity contribution in [1.29, 1.82) is 0 Å². The molecule has 6 nitrogen and oxygen atoms in total. The van der Waals surface area contributed by atoms with Crippen molar-refractivity contribution in [1.82, 2.24) is 10.7 Å². The Labute approximate surface area is 268 Å². The number of hydrazone groups is 1. The third-order valence-corrected chi connectivity index (χ3v) is 8.01. The van der Waals surface area contributed by atoms with Gasteiger partial charge in [0.25, 0.3) is 5.91 Å². The zero-order valence-electron chi connectivity index (χ0n) is 22.8. The van der Waals surface area contributed by atoms with Crippen LogP contribution in [0.2, 0.25) is 0 Å². The molecule has 0 aliphatic heterocycles. The summed E-state index contributed by atoms with van der Waals surface area (Å²) in [6.07, 6.45) is 1.60. The molecule has 1 unspecified atom stereocenters. The first-order valence-corrected chi connectivity index (χ1v) is 15.4. The maximum absolute atomic E-state index is 13.6. The molecule has 2 amide bonds. The minimum atomic E-state index is -0.761. The highest BCUT2D eigenvalue weighted by atomic mass is 127. The van der Waals surface area contributed by atoms with Crippen LogP contribution in [-0.2, 0) is 16.2 Å². The van der Waals surface area contributed by atoms with Gasteiger partial charge in [-0.3, -0.25) is 9.59 Å². The molecule has 41 heavy (non-hydrogen) atoms. The molecule has 0 saturated heterocycles. The highest BCUT2D eigenvalue weighted by molar-refractivity contribution is 14.1. The van der Waals surface area contributed by atoms with Crippen LogP contribution in [0, 0.1) is 13.1 Å². The summed E-state index contributed by atoms with van der Waals surface area (Å²) in [7, 11) is 0. The molecule has 4 rings (SSSR count). The fourth-order valence-corrected chi connectivity index (χ4v) is 6.45. The number of nitrogens with one attached hydrogen (secondary N) is 2. The molecular weight excluding hydrogens is 740 g/mol. The minimum absolute atomic E-state index is 0.149. The highest BCUT2D eigenvalue weighted by Crippen LogP contribution is 2.29. The van der Waals surface area contributed by atoms with E-state index in [4.69, 9.17) is 4.74 Å². The zero-order chi connectivity index (χ0) is 29.2. The number of halogens is 2. The molecule has 0 fully saturated rings. The lowest BCUT2D eigenvalue weighted by Crippen LogP contribution is -2.50. The summed E-state index contributed by atoms with van der Waals surface area (Å²) in [5.41, 5.74) is 6.25. The molecule has 210 valence electrons. The fourth-order valence-electron chi connectivity index (χ4n) is 4.32. The molecule has 4 aromatic carbocycles. The number of hydrogen-bond acceptors (Lipinski definition) is 4. The standard InChI is InChI=1S/C33H31I2N3O3/c1-22(2)30(37-32(39)29(25-14-8-4-9-15-25)26-16-10-5-11-17-26)33(40)38-36-20-24-18-27(34)31(28(35)19-24)41-21-23-12-6-3-7-13-23/h3-20,22,29-30H,21H2,1-2H3,(H,37,39)(H,38,40). The van der Waals surface area contributed by atoms with Gasteiger partial charge >= 0.3 is 0 Å². The van der Waals surface area contributed by atoms with Gasteiger partial charge < -0.3 is 10.1 Å². The van der Waals surface area contributed by atoms with Crippen molar-refractivity contribution < 1.29 is 14.3 Å². The van der Waals surface area contributed by atoms with Gasteiger partial charge in [0.1, 0.15) is 18.4 Å². The van der Waals surface area contributed by atoms with Gasteiger partial charge in [-0.1, -0.05) is 105 Å². The molecule has 1 atom stereocenters. The molecule has 0 aromatic heterocycles. The van der Waals surface area contributed by atoms with Crippen molar-refractivity contribution in [2.75, 3.05) is 0 Å². The third-order valence-electron chi connectivity index (χ3n) is 6.41. The maximum Gasteiger partial charge on any atom is 0.262 e. The summed E-state index contributed by atoms with van der Waals surface area (Å²) in [6, 6.07) is 32.3. The van der Waals surface area contributed by atoms with Crippen molar-refractivity contribution in [3.63, 3.8) is 0 Å². The van der Waals surface area contributed by atoms with Gasteiger partial charge in [0.05, 0.1) is 19.3 Å². The Balaban J connectivity index is 1.42. The molecule has 0 bridgehead atoms. The monoisotopic (exact) mass is 771 g/mol. The van der Waals surface area contributed by atoms with Crippen LogP contribution >= 0.6 is 45.2 Å². The predicted molar refractivity (Wildman–Crippen MR) is 180 cm³/mol. The quantitative estimate of drug-likeness (QED) is 0.0991. The van der Waals surface area contributed by atoms with Gasteiger partial charge in [0, 0.05) is 0 Å². The lowest BCUT2D eigenvalue weighted by atomic mass is 9.89. The van der Waals surface area contributed by atoms with Crippen LogP contribution in [0.4, 0.5) is 0 Å². The van der Waals surface area contributed by atoms with Crippen molar-refractivity contribution in [2.24, 2.45) is 11.0 Å². The number of amides is 2. The lowest BCUT2D eigenvalue weighted by Gasteiger charge is -2.24. The van der Waals surface area contributed by atoms with Crippen LogP contribution < -0.4 is 15.5 Å². The number of carbonyl (C=O) groups excluding carboxylic acids is 2. The normalized spacial score (nSPS) is 12.0.